The lowest BCUT2D eigenvalue weighted by Crippen LogP contribution is -1.98. The quantitative estimate of drug-likeness (QED) is 0.133. The van der Waals surface area contributed by atoms with Crippen molar-refractivity contribution in [3.63, 3.8) is 0 Å². The third-order valence-electron chi connectivity index (χ3n) is 4.56. The third-order valence-corrected chi connectivity index (χ3v) is 5.75. The molecule has 3 heteroatoms. The Labute approximate surface area is 171 Å². The standard InChI is InChI=1S/C20H39Br3/c1-2-3-4-5-6-7-8-9-10-11-12-13-14-15-16-17-18-19-20(21,22)23/h2-19H2,1H3. The Hall–Kier alpha value is 1.44. The van der Waals surface area contributed by atoms with Gasteiger partial charge in [-0.2, -0.15) is 0 Å². The third kappa shape index (κ3) is 23.4. The van der Waals surface area contributed by atoms with E-state index in [9.17, 15) is 0 Å². The number of unbranched alkanes of at least 4 members (excludes halogenated alkanes) is 16. The van der Waals surface area contributed by atoms with Crippen molar-refractivity contribution in [2.45, 2.75) is 125 Å². The average molecular weight is 519 g/mol. The highest BCUT2D eigenvalue weighted by molar-refractivity contribution is 9.39. The maximum absolute atomic E-state index is 3.56. The molecular weight excluding hydrogens is 480 g/mol. The number of halogens is 3. The summed E-state index contributed by atoms with van der Waals surface area (Å²) in [6, 6.07) is 0. The van der Waals surface area contributed by atoms with Crippen molar-refractivity contribution in [1.82, 2.24) is 0 Å². The fourth-order valence-corrected chi connectivity index (χ4v) is 3.89. The highest BCUT2D eigenvalue weighted by Gasteiger charge is 2.15. The van der Waals surface area contributed by atoms with Crippen LogP contribution in [0.1, 0.15) is 122 Å². The first-order chi connectivity index (χ1) is 11.1. The van der Waals surface area contributed by atoms with Crippen molar-refractivity contribution >= 4 is 47.8 Å². The zero-order chi connectivity index (χ0) is 17.2. The smallest absolute Gasteiger partial charge is 0.0654 e. The minimum Gasteiger partial charge on any atom is -0.0654 e. The van der Waals surface area contributed by atoms with Crippen LogP contribution in [0.25, 0.3) is 0 Å². The molecule has 0 atom stereocenters. The lowest BCUT2D eigenvalue weighted by molar-refractivity contribution is 0.526. The summed E-state index contributed by atoms with van der Waals surface area (Å²) < 4.78 is -0.0253. The Morgan fingerprint density at radius 2 is 0.696 bits per heavy atom. The Bertz CT molecular complexity index is 223. The van der Waals surface area contributed by atoms with Gasteiger partial charge in [-0.25, -0.2) is 0 Å². The summed E-state index contributed by atoms with van der Waals surface area (Å²) in [4.78, 5) is 0. The average Bonchev–Trinajstić information content (AvgIpc) is 2.49. The monoisotopic (exact) mass is 516 g/mol. The predicted molar refractivity (Wildman–Crippen MR) is 118 cm³/mol. The number of hydrogen-bond donors (Lipinski definition) is 0. The van der Waals surface area contributed by atoms with Gasteiger partial charge in [0.2, 0.25) is 0 Å². The maximum Gasteiger partial charge on any atom is 0.135 e. The molecule has 0 saturated heterocycles. The molecule has 0 aromatic rings. The first-order valence-corrected chi connectivity index (χ1v) is 12.5. The summed E-state index contributed by atoms with van der Waals surface area (Å²) >= 11 is 10.7. The van der Waals surface area contributed by atoms with Gasteiger partial charge in [0, 0.05) is 0 Å². The minimum absolute atomic E-state index is 0.0253. The van der Waals surface area contributed by atoms with E-state index in [1.807, 2.05) is 0 Å². The predicted octanol–water partition coefficient (Wildman–Crippen LogP) is 9.87. The van der Waals surface area contributed by atoms with Gasteiger partial charge in [0.25, 0.3) is 0 Å². The molecule has 0 heterocycles. The molecule has 0 aromatic carbocycles. The lowest BCUT2D eigenvalue weighted by atomic mass is 10.0. The van der Waals surface area contributed by atoms with Gasteiger partial charge in [0.15, 0.2) is 0 Å². The molecule has 0 fully saturated rings. The molecule has 0 aromatic heterocycles. The van der Waals surface area contributed by atoms with Gasteiger partial charge in [-0.1, -0.05) is 164 Å². The largest absolute Gasteiger partial charge is 0.135 e. The van der Waals surface area contributed by atoms with E-state index in [0.717, 1.165) is 6.42 Å². The molecule has 23 heavy (non-hydrogen) atoms. The van der Waals surface area contributed by atoms with Gasteiger partial charge >= 0.3 is 0 Å². The van der Waals surface area contributed by atoms with E-state index in [1.165, 1.54) is 109 Å². The van der Waals surface area contributed by atoms with Crippen LogP contribution < -0.4 is 0 Å². The maximum atomic E-state index is 3.56. The summed E-state index contributed by atoms with van der Waals surface area (Å²) in [5.41, 5.74) is 0. The molecule has 0 rings (SSSR count). The van der Waals surface area contributed by atoms with Crippen molar-refractivity contribution in [3.8, 4) is 0 Å². The van der Waals surface area contributed by atoms with E-state index >= 15 is 0 Å². The van der Waals surface area contributed by atoms with E-state index in [2.05, 4.69) is 54.7 Å². The van der Waals surface area contributed by atoms with Crippen molar-refractivity contribution in [3.05, 3.63) is 0 Å². The fourth-order valence-electron chi connectivity index (χ4n) is 3.05. The van der Waals surface area contributed by atoms with Crippen molar-refractivity contribution in [2.24, 2.45) is 0 Å². The Morgan fingerprint density at radius 1 is 0.435 bits per heavy atom. The molecular formula is C20H39Br3. The summed E-state index contributed by atoms with van der Waals surface area (Å²) in [6.45, 7) is 2.29. The molecule has 0 amide bonds. The van der Waals surface area contributed by atoms with Crippen LogP contribution in [-0.4, -0.2) is 2.14 Å². The van der Waals surface area contributed by atoms with Gasteiger partial charge in [-0.05, 0) is 6.42 Å². The fraction of sp³-hybridized carbons (Fsp3) is 1.00. The zero-order valence-corrected chi connectivity index (χ0v) is 20.1. The summed E-state index contributed by atoms with van der Waals surface area (Å²) in [6.07, 6.45) is 25.6. The Balaban J connectivity index is 3.00. The second-order valence-corrected chi connectivity index (χ2v) is 14.3. The molecule has 0 saturated carbocycles. The zero-order valence-electron chi connectivity index (χ0n) is 15.4. The summed E-state index contributed by atoms with van der Waals surface area (Å²) in [7, 11) is 0. The topological polar surface area (TPSA) is 0 Å². The number of alkyl halides is 3. The van der Waals surface area contributed by atoms with Crippen molar-refractivity contribution in [2.75, 3.05) is 0 Å². The molecule has 0 nitrogen and oxygen atoms in total. The van der Waals surface area contributed by atoms with Gasteiger partial charge in [-0.3, -0.25) is 0 Å². The Kier molecular flexibility index (Phi) is 19.4. The van der Waals surface area contributed by atoms with Gasteiger partial charge in [0.1, 0.15) is 2.14 Å². The van der Waals surface area contributed by atoms with Gasteiger partial charge in [-0.15, -0.1) is 0 Å². The van der Waals surface area contributed by atoms with Crippen LogP contribution in [0, 0.1) is 0 Å². The van der Waals surface area contributed by atoms with Crippen LogP contribution in [-0.2, 0) is 0 Å². The summed E-state index contributed by atoms with van der Waals surface area (Å²) in [5, 5.41) is 0. The molecule has 140 valence electrons. The normalized spacial score (nSPS) is 12.0. The van der Waals surface area contributed by atoms with E-state index in [4.69, 9.17) is 0 Å². The van der Waals surface area contributed by atoms with E-state index in [1.54, 1.807) is 0 Å². The molecule has 0 N–H and O–H groups in total. The SMILES string of the molecule is CCCCCCCCCCCCCCCCCCCC(Br)(Br)Br. The van der Waals surface area contributed by atoms with Crippen LogP contribution in [0.2, 0.25) is 0 Å². The summed E-state index contributed by atoms with van der Waals surface area (Å²) in [5.74, 6) is 0. The van der Waals surface area contributed by atoms with Crippen molar-refractivity contribution in [1.29, 1.82) is 0 Å². The number of rotatable bonds is 17. The van der Waals surface area contributed by atoms with E-state index in [0.29, 0.717) is 0 Å². The first kappa shape index (κ1) is 24.4. The second kappa shape index (κ2) is 18.2. The lowest BCUT2D eigenvalue weighted by Gasteiger charge is -2.10. The van der Waals surface area contributed by atoms with Crippen molar-refractivity contribution < 1.29 is 0 Å². The van der Waals surface area contributed by atoms with E-state index < -0.39 is 0 Å². The Morgan fingerprint density at radius 3 is 0.957 bits per heavy atom. The molecule has 0 aliphatic heterocycles. The van der Waals surface area contributed by atoms with Crippen LogP contribution in [0.3, 0.4) is 0 Å². The molecule has 0 aliphatic carbocycles. The van der Waals surface area contributed by atoms with Gasteiger partial charge in [0.05, 0.1) is 0 Å². The minimum atomic E-state index is -0.0253. The molecule has 0 spiro atoms. The highest BCUT2D eigenvalue weighted by atomic mass is 80.0. The van der Waals surface area contributed by atoms with Crippen LogP contribution in [0.5, 0.6) is 0 Å². The van der Waals surface area contributed by atoms with E-state index in [-0.39, 0.29) is 2.14 Å². The molecule has 0 aliphatic rings. The highest BCUT2D eigenvalue weighted by Crippen LogP contribution is 2.38. The van der Waals surface area contributed by atoms with Gasteiger partial charge < -0.3 is 0 Å². The molecule has 0 unspecified atom stereocenters. The molecule has 0 bridgehead atoms. The van der Waals surface area contributed by atoms with Crippen LogP contribution in [0.15, 0.2) is 0 Å². The molecule has 0 radical (unpaired) electrons. The second-order valence-electron chi connectivity index (χ2n) is 7.02. The first-order valence-electron chi connectivity index (χ1n) is 10.1. The van der Waals surface area contributed by atoms with Crippen LogP contribution >= 0.6 is 47.8 Å². The van der Waals surface area contributed by atoms with Crippen LogP contribution in [0.4, 0.5) is 0 Å². The number of hydrogen-bond acceptors (Lipinski definition) is 0.